The Morgan fingerprint density at radius 2 is 1.96 bits per heavy atom. The lowest BCUT2D eigenvalue weighted by Gasteiger charge is -2.33. The average molecular weight is 381 g/mol. The summed E-state index contributed by atoms with van der Waals surface area (Å²) in [5.74, 6) is -2.10. The van der Waals surface area contributed by atoms with E-state index in [9.17, 15) is 19.5 Å². The Labute approximate surface area is 163 Å². The number of amides is 2. The number of rotatable bonds is 6. The first-order chi connectivity index (χ1) is 13.5. The van der Waals surface area contributed by atoms with Gasteiger partial charge in [-0.1, -0.05) is 30.3 Å². The van der Waals surface area contributed by atoms with Crippen molar-refractivity contribution in [3.63, 3.8) is 0 Å². The summed E-state index contributed by atoms with van der Waals surface area (Å²) in [5.41, 5.74) is 1.29. The molecule has 7 heteroatoms. The number of likely N-dealkylation sites (tertiary alicyclic amines) is 1. The molecule has 1 unspecified atom stereocenters. The van der Waals surface area contributed by atoms with Crippen LogP contribution in [0.4, 0.5) is 0 Å². The SMILES string of the molecule is O=C(NC(Cc1ccccc1)C(=O)N1CCC[C@H](C(=O)O)C1)c1cccnc1. The highest BCUT2D eigenvalue weighted by molar-refractivity contribution is 5.97. The van der Waals surface area contributed by atoms with Gasteiger partial charge in [-0.25, -0.2) is 0 Å². The van der Waals surface area contributed by atoms with Crippen molar-refractivity contribution in [3.05, 3.63) is 66.0 Å². The Hall–Kier alpha value is -3.22. The number of carbonyl (C=O) groups excluding carboxylic acids is 2. The predicted octanol–water partition coefficient (Wildman–Crippen LogP) is 1.75. The largest absolute Gasteiger partial charge is 0.481 e. The molecule has 0 spiro atoms. The molecule has 2 atom stereocenters. The zero-order chi connectivity index (χ0) is 19.9. The number of carbonyl (C=O) groups is 3. The van der Waals surface area contributed by atoms with Gasteiger partial charge in [0.1, 0.15) is 6.04 Å². The molecule has 28 heavy (non-hydrogen) atoms. The molecular formula is C21H23N3O4. The molecule has 2 N–H and O–H groups in total. The lowest BCUT2D eigenvalue weighted by atomic mass is 9.96. The number of hydrogen-bond donors (Lipinski definition) is 2. The highest BCUT2D eigenvalue weighted by Gasteiger charge is 2.32. The van der Waals surface area contributed by atoms with Gasteiger partial charge in [0.2, 0.25) is 5.91 Å². The second kappa shape index (κ2) is 9.12. The lowest BCUT2D eigenvalue weighted by molar-refractivity contribution is -0.146. The van der Waals surface area contributed by atoms with Crippen LogP contribution in [-0.4, -0.2) is 51.9 Å². The Morgan fingerprint density at radius 3 is 2.64 bits per heavy atom. The van der Waals surface area contributed by atoms with Gasteiger partial charge in [0.15, 0.2) is 0 Å². The predicted molar refractivity (Wildman–Crippen MR) is 103 cm³/mol. The maximum atomic E-state index is 13.1. The number of aromatic nitrogens is 1. The zero-order valence-corrected chi connectivity index (χ0v) is 15.5. The first-order valence-electron chi connectivity index (χ1n) is 9.31. The van der Waals surface area contributed by atoms with E-state index in [1.165, 1.54) is 6.20 Å². The molecule has 1 aliphatic rings. The van der Waals surface area contributed by atoms with Gasteiger partial charge in [-0.3, -0.25) is 19.4 Å². The quantitative estimate of drug-likeness (QED) is 0.794. The maximum absolute atomic E-state index is 13.1. The van der Waals surface area contributed by atoms with Crippen molar-refractivity contribution in [1.29, 1.82) is 0 Å². The average Bonchev–Trinajstić information content (AvgIpc) is 2.74. The van der Waals surface area contributed by atoms with Gasteiger partial charge in [0.25, 0.3) is 5.91 Å². The molecule has 2 aromatic rings. The molecule has 2 amide bonds. The van der Waals surface area contributed by atoms with Crippen LogP contribution in [0.15, 0.2) is 54.9 Å². The number of nitrogens with one attached hydrogen (secondary N) is 1. The summed E-state index contributed by atoms with van der Waals surface area (Å²) in [4.78, 5) is 42.6. The van der Waals surface area contributed by atoms with Gasteiger partial charge < -0.3 is 15.3 Å². The van der Waals surface area contributed by atoms with Crippen molar-refractivity contribution in [2.75, 3.05) is 13.1 Å². The molecule has 0 bridgehead atoms. The molecule has 7 nitrogen and oxygen atoms in total. The molecule has 0 radical (unpaired) electrons. The number of aliphatic carboxylic acids is 1. The lowest BCUT2D eigenvalue weighted by Crippen LogP contribution is -2.53. The Balaban J connectivity index is 1.77. The Kier molecular flexibility index (Phi) is 6.37. The van der Waals surface area contributed by atoms with E-state index in [4.69, 9.17) is 0 Å². The number of hydrogen-bond acceptors (Lipinski definition) is 4. The van der Waals surface area contributed by atoms with Crippen molar-refractivity contribution in [1.82, 2.24) is 15.2 Å². The van der Waals surface area contributed by atoms with E-state index in [0.29, 0.717) is 31.4 Å². The Bertz CT molecular complexity index is 826. The third-order valence-electron chi connectivity index (χ3n) is 4.89. The normalized spacial score (nSPS) is 17.6. The van der Waals surface area contributed by atoms with Crippen LogP contribution in [-0.2, 0) is 16.0 Å². The minimum absolute atomic E-state index is 0.169. The fourth-order valence-corrected chi connectivity index (χ4v) is 3.39. The molecule has 2 heterocycles. The molecule has 3 rings (SSSR count). The monoisotopic (exact) mass is 381 g/mol. The summed E-state index contributed by atoms with van der Waals surface area (Å²) in [6.07, 6.45) is 4.55. The summed E-state index contributed by atoms with van der Waals surface area (Å²) in [7, 11) is 0. The molecular weight excluding hydrogens is 358 g/mol. The molecule has 1 fully saturated rings. The van der Waals surface area contributed by atoms with Crippen LogP contribution in [0, 0.1) is 5.92 Å². The zero-order valence-electron chi connectivity index (χ0n) is 15.5. The van der Waals surface area contributed by atoms with Gasteiger partial charge in [0.05, 0.1) is 11.5 Å². The first-order valence-corrected chi connectivity index (χ1v) is 9.31. The van der Waals surface area contributed by atoms with Crippen LogP contribution in [0.1, 0.15) is 28.8 Å². The standard InChI is InChI=1S/C21H23N3O4/c25-19(16-8-4-10-22-13-16)23-18(12-15-6-2-1-3-7-15)20(26)24-11-5-9-17(14-24)21(27)28/h1-4,6-8,10,13,17-18H,5,9,11-12,14H2,(H,23,25)(H,27,28)/t17-,18?/m0/s1. The van der Waals surface area contributed by atoms with Crippen LogP contribution in [0.3, 0.4) is 0 Å². The van der Waals surface area contributed by atoms with Crippen molar-refractivity contribution in [3.8, 4) is 0 Å². The third-order valence-corrected chi connectivity index (χ3v) is 4.89. The molecule has 1 aromatic carbocycles. The third kappa shape index (κ3) is 4.94. The van der Waals surface area contributed by atoms with E-state index >= 15 is 0 Å². The molecule has 0 saturated carbocycles. The molecule has 1 aliphatic heterocycles. The summed E-state index contributed by atoms with van der Waals surface area (Å²) >= 11 is 0. The number of piperidine rings is 1. The van der Waals surface area contributed by atoms with Gasteiger partial charge in [-0.05, 0) is 30.5 Å². The van der Waals surface area contributed by atoms with E-state index in [1.54, 1.807) is 23.2 Å². The second-order valence-corrected chi connectivity index (χ2v) is 6.92. The van der Waals surface area contributed by atoms with E-state index in [2.05, 4.69) is 10.3 Å². The fourth-order valence-electron chi connectivity index (χ4n) is 3.39. The van der Waals surface area contributed by atoms with E-state index < -0.39 is 17.9 Å². The van der Waals surface area contributed by atoms with Crippen molar-refractivity contribution >= 4 is 17.8 Å². The van der Waals surface area contributed by atoms with E-state index in [0.717, 1.165) is 5.56 Å². The van der Waals surface area contributed by atoms with E-state index in [1.807, 2.05) is 30.3 Å². The number of nitrogens with zero attached hydrogens (tertiary/aromatic N) is 2. The topological polar surface area (TPSA) is 99.6 Å². The summed E-state index contributed by atoms with van der Waals surface area (Å²) < 4.78 is 0. The summed E-state index contributed by atoms with van der Waals surface area (Å²) in [6.45, 7) is 0.666. The molecule has 1 aromatic heterocycles. The van der Waals surface area contributed by atoms with Crippen LogP contribution in [0.2, 0.25) is 0 Å². The summed E-state index contributed by atoms with van der Waals surface area (Å²) in [5, 5.41) is 12.1. The first kappa shape index (κ1) is 19.5. The van der Waals surface area contributed by atoms with Crippen LogP contribution >= 0.6 is 0 Å². The van der Waals surface area contributed by atoms with Gasteiger partial charge in [-0.2, -0.15) is 0 Å². The van der Waals surface area contributed by atoms with Gasteiger partial charge >= 0.3 is 5.97 Å². The minimum atomic E-state index is -0.892. The van der Waals surface area contributed by atoms with Gasteiger partial charge in [-0.15, -0.1) is 0 Å². The van der Waals surface area contributed by atoms with Gasteiger partial charge in [0, 0.05) is 31.9 Å². The van der Waals surface area contributed by atoms with Crippen LogP contribution in [0.5, 0.6) is 0 Å². The number of carboxylic acids is 1. The van der Waals surface area contributed by atoms with Crippen molar-refractivity contribution < 1.29 is 19.5 Å². The van der Waals surface area contributed by atoms with Crippen molar-refractivity contribution in [2.45, 2.75) is 25.3 Å². The number of carboxylic acid groups (broad SMARTS) is 1. The number of pyridine rings is 1. The molecule has 0 aliphatic carbocycles. The van der Waals surface area contributed by atoms with Crippen LogP contribution in [0.25, 0.3) is 0 Å². The Morgan fingerprint density at radius 1 is 1.18 bits per heavy atom. The second-order valence-electron chi connectivity index (χ2n) is 6.92. The fraction of sp³-hybridized carbons (Fsp3) is 0.333. The van der Waals surface area contributed by atoms with Crippen molar-refractivity contribution in [2.24, 2.45) is 5.92 Å². The highest BCUT2D eigenvalue weighted by Crippen LogP contribution is 2.18. The van der Waals surface area contributed by atoms with Crippen LogP contribution < -0.4 is 5.32 Å². The smallest absolute Gasteiger partial charge is 0.308 e. The highest BCUT2D eigenvalue weighted by atomic mass is 16.4. The minimum Gasteiger partial charge on any atom is -0.481 e. The molecule has 146 valence electrons. The van der Waals surface area contributed by atoms with E-state index in [-0.39, 0.29) is 18.4 Å². The molecule has 1 saturated heterocycles. The number of benzene rings is 1. The maximum Gasteiger partial charge on any atom is 0.308 e. The summed E-state index contributed by atoms with van der Waals surface area (Å²) in [6, 6.07) is 11.9.